The Morgan fingerprint density at radius 2 is 1.75 bits per heavy atom. The normalized spacial score (nSPS) is 10.8. The van der Waals surface area contributed by atoms with Crippen LogP contribution in [0.2, 0.25) is 0 Å². The van der Waals surface area contributed by atoms with Gasteiger partial charge in [-0.2, -0.15) is 0 Å². The van der Waals surface area contributed by atoms with E-state index >= 15 is 0 Å². The summed E-state index contributed by atoms with van der Waals surface area (Å²) in [5.41, 5.74) is 1.16. The number of hydrogen-bond donors (Lipinski definition) is 0. The van der Waals surface area contributed by atoms with Crippen molar-refractivity contribution in [2.24, 2.45) is 0 Å². The Labute approximate surface area is 94.8 Å². The summed E-state index contributed by atoms with van der Waals surface area (Å²) in [6, 6.07) is 19.9. The molecule has 3 rings (SSSR count). The van der Waals surface area contributed by atoms with Crippen LogP contribution in [0.25, 0.3) is 27.6 Å². The Balaban J connectivity index is 2.47. The summed E-state index contributed by atoms with van der Waals surface area (Å²) in [5, 5.41) is 5.07. The minimum Gasteiger partial charge on any atom is -0.0985 e. The number of fused-ring (bicyclic) bond motifs is 3. The Hall–Kier alpha value is -2.08. The third-order valence-electron chi connectivity index (χ3n) is 2.94. The van der Waals surface area contributed by atoms with Gasteiger partial charge < -0.3 is 0 Å². The third-order valence-corrected chi connectivity index (χ3v) is 2.94. The first-order valence-electron chi connectivity index (χ1n) is 5.33. The van der Waals surface area contributed by atoms with Gasteiger partial charge in [-0.25, -0.2) is 0 Å². The molecular weight excluding hydrogens is 192 g/mol. The van der Waals surface area contributed by atoms with Gasteiger partial charge in [0.15, 0.2) is 0 Å². The number of benzene rings is 3. The van der Waals surface area contributed by atoms with Gasteiger partial charge in [-0.3, -0.25) is 0 Å². The summed E-state index contributed by atoms with van der Waals surface area (Å²) in [5.74, 6) is 0. The van der Waals surface area contributed by atoms with Crippen molar-refractivity contribution in [2.45, 2.75) is 0 Å². The molecule has 0 spiro atoms. The molecule has 0 aliphatic rings. The van der Waals surface area contributed by atoms with E-state index in [1.807, 2.05) is 18.2 Å². The molecule has 0 atom stereocenters. The molecule has 0 aromatic heterocycles. The van der Waals surface area contributed by atoms with E-state index in [-0.39, 0.29) is 0 Å². The van der Waals surface area contributed by atoms with Crippen molar-refractivity contribution < 1.29 is 0 Å². The Morgan fingerprint density at radius 1 is 0.938 bits per heavy atom. The van der Waals surface area contributed by atoms with Crippen molar-refractivity contribution in [2.75, 3.05) is 0 Å². The first-order valence-corrected chi connectivity index (χ1v) is 5.33. The molecule has 3 aromatic rings. The summed E-state index contributed by atoms with van der Waals surface area (Å²) in [6.07, 6.45) is 1.88. The first-order chi connectivity index (χ1) is 7.88. The van der Waals surface area contributed by atoms with Crippen LogP contribution in [0, 0.1) is 6.07 Å². The van der Waals surface area contributed by atoms with Gasteiger partial charge in [-0.15, -0.1) is 0 Å². The monoisotopic (exact) mass is 203 g/mol. The predicted octanol–water partition coefficient (Wildman–Crippen LogP) is 4.44. The molecule has 75 valence electrons. The Morgan fingerprint density at radius 3 is 2.62 bits per heavy atom. The van der Waals surface area contributed by atoms with Crippen molar-refractivity contribution in [1.29, 1.82) is 0 Å². The largest absolute Gasteiger partial charge is 0.0985 e. The van der Waals surface area contributed by atoms with Crippen LogP contribution in [-0.2, 0) is 0 Å². The second-order valence-electron chi connectivity index (χ2n) is 3.90. The molecule has 0 bridgehead atoms. The molecule has 0 unspecified atom stereocenters. The van der Waals surface area contributed by atoms with Crippen LogP contribution in [0.5, 0.6) is 0 Å². The van der Waals surface area contributed by atoms with Crippen LogP contribution in [-0.4, -0.2) is 0 Å². The zero-order valence-corrected chi connectivity index (χ0v) is 8.90. The topological polar surface area (TPSA) is 0 Å². The SMILES string of the molecule is C=Cc1ccc2c(ccc3c[c]ccc32)c1. The average Bonchev–Trinajstić information content (AvgIpc) is 2.38. The zero-order chi connectivity index (χ0) is 11.0. The molecule has 0 nitrogen and oxygen atoms in total. The van der Waals surface area contributed by atoms with Crippen LogP contribution in [0.1, 0.15) is 5.56 Å². The lowest BCUT2D eigenvalue weighted by Crippen LogP contribution is -1.78. The lowest BCUT2D eigenvalue weighted by atomic mass is 10.0. The van der Waals surface area contributed by atoms with Gasteiger partial charge in [0.25, 0.3) is 0 Å². The quantitative estimate of drug-likeness (QED) is 0.513. The highest BCUT2D eigenvalue weighted by atomic mass is 14.0. The van der Waals surface area contributed by atoms with E-state index in [1.54, 1.807) is 0 Å². The van der Waals surface area contributed by atoms with E-state index in [4.69, 9.17) is 0 Å². The molecule has 1 radical (unpaired) electrons. The molecule has 0 saturated heterocycles. The van der Waals surface area contributed by atoms with E-state index in [2.05, 4.69) is 49.0 Å². The highest BCUT2D eigenvalue weighted by Gasteiger charge is 1.99. The van der Waals surface area contributed by atoms with Crippen LogP contribution in [0.15, 0.2) is 55.1 Å². The highest BCUT2D eigenvalue weighted by molar-refractivity contribution is 6.07. The molecule has 0 heteroatoms. The molecule has 16 heavy (non-hydrogen) atoms. The molecular formula is C16H11. The minimum absolute atomic E-state index is 1.16. The van der Waals surface area contributed by atoms with Gasteiger partial charge in [0.05, 0.1) is 0 Å². The van der Waals surface area contributed by atoms with Gasteiger partial charge in [0.1, 0.15) is 0 Å². The van der Waals surface area contributed by atoms with Crippen LogP contribution >= 0.6 is 0 Å². The van der Waals surface area contributed by atoms with Crippen molar-refractivity contribution in [3.8, 4) is 0 Å². The lowest BCUT2D eigenvalue weighted by Gasteiger charge is -2.04. The van der Waals surface area contributed by atoms with Gasteiger partial charge in [-0.1, -0.05) is 49.1 Å². The third kappa shape index (κ3) is 1.31. The molecule has 0 aliphatic carbocycles. The predicted molar refractivity (Wildman–Crippen MR) is 70.4 cm³/mol. The van der Waals surface area contributed by atoms with Gasteiger partial charge >= 0.3 is 0 Å². The highest BCUT2D eigenvalue weighted by Crippen LogP contribution is 2.25. The molecule has 3 aromatic carbocycles. The maximum absolute atomic E-state index is 3.80. The fourth-order valence-corrected chi connectivity index (χ4v) is 2.10. The second kappa shape index (κ2) is 3.49. The molecule has 0 fully saturated rings. The van der Waals surface area contributed by atoms with E-state index in [0.29, 0.717) is 0 Å². The van der Waals surface area contributed by atoms with Crippen molar-refractivity contribution in [1.82, 2.24) is 0 Å². The molecule has 0 aliphatic heterocycles. The van der Waals surface area contributed by atoms with Gasteiger partial charge in [0, 0.05) is 0 Å². The summed E-state index contributed by atoms with van der Waals surface area (Å²) in [6.45, 7) is 3.80. The van der Waals surface area contributed by atoms with Gasteiger partial charge in [-0.05, 0) is 45.3 Å². The van der Waals surface area contributed by atoms with E-state index in [9.17, 15) is 0 Å². The van der Waals surface area contributed by atoms with Crippen molar-refractivity contribution in [3.05, 3.63) is 66.7 Å². The van der Waals surface area contributed by atoms with Crippen molar-refractivity contribution in [3.63, 3.8) is 0 Å². The molecule has 0 saturated carbocycles. The van der Waals surface area contributed by atoms with Crippen LogP contribution in [0.4, 0.5) is 0 Å². The van der Waals surface area contributed by atoms with E-state index < -0.39 is 0 Å². The summed E-state index contributed by atoms with van der Waals surface area (Å²) in [4.78, 5) is 0. The smallest absolute Gasteiger partial charge is 0.0105 e. The van der Waals surface area contributed by atoms with Crippen molar-refractivity contribution >= 4 is 27.6 Å². The van der Waals surface area contributed by atoms with Crippen LogP contribution in [0.3, 0.4) is 0 Å². The Bertz CT molecular complexity index is 678. The average molecular weight is 203 g/mol. The summed E-state index contributed by atoms with van der Waals surface area (Å²) >= 11 is 0. The zero-order valence-electron chi connectivity index (χ0n) is 8.90. The maximum Gasteiger partial charge on any atom is -0.0105 e. The fraction of sp³-hybridized carbons (Fsp3) is 0. The first kappa shape index (κ1) is 9.17. The fourth-order valence-electron chi connectivity index (χ4n) is 2.10. The van der Waals surface area contributed by atoms with Gasteiger partial charge in [0.2, 0.25) is 0 Å². The maximum atomic E-state index is 3.80. The number of hydrogen-bond acceptors (Lipinski definition) is 0. The molecule has 0 N–H and O–H groups in total. The molecule has 0 heterocycles. The molecule has 0 amide bonds. The lowest BCUT2D eigenvalue weighted by molar-refractivity contribution is 1.72. The number of rotatable bonds is 1. The van der Waals surface area contributed by atoms with Crippen LogP contribution < -0.4 is 0 Å². The summed E-state index contributed by atoms with van der Waals surface area (Å²) < 4.78 is 0. The van der Waals surface area contributed by atoms with E-state index in [0.717, 1.165) is 5.56 Å². The summed E-state index contributed by atoms with van der Waals surface area (Å²) in [7, 11) is 0. The minimum atomic E-state index is 1.16. The Kier molecular flexibility index (Phi) is 2.00. The van der Waals surface area contributed by atoms with E-state index in [1.165, 1.54) is 21.5 Å². The standard InChI is InChI=1S/C16H11/c1-2-12-7-10-16-14(11-12)9-8-13-5-3-4-6-15(13)16/h2,4-11H,1H2. The second-order valence-corrected chi connectivity index (χ2v) is 3.90.